The molecular weight excluding hydrogens is 284 g/mol. The van der Waals surface area contributed by atoms with Gasteiger partial charge in [0, 0.05) is 32.5 Å². The number of nitrogens with zero attached hydrogens (tertiary/aromatic N) is 1. The predicted molar refractivity (Wildman–Crippen MR) is 78.7 cm³/mol. The second-order valence-electron chi connectivity index (χ2n) is 5.57. The Balaban J connectivity index is 1.48. The summed E-state index contributed by atoms with van der Waals surface area (Å²) in [5, 5.41) is 2.66. The number of hydrogen-bond acceptors (Lipinski definition) is 4. The Hall–Kier alpha value is -1.92. The third-order valence-electron chi connectivity index (χ3n) is 4.12. The van der Waals surface area contributed by atoms with Gasteiger partial charge in [-0.25, -0.2) is 0 Å². The molecule has 0 saturated carbocycles. The summed E-state index contributed by atoms with van der Waals surface area (Å²) in [4.78, 5) is 25.7. The van der Waals surface area contributed by atoms with E-state index >= 15 is 0 Å². The average molecular weight is 304 g/mol. The third kappa shape index (κ3) is 3.28. The van der Waals surface area contributed by atoms with Crippen molar-refractivity contribution >= 4 is 11.8 Å². The lowest BCUT2D eigenvalue weighted by molar-refractivity contribution is -0.188. The van der Waals surface area contributed by atoms with Gasteiger partial charge < -0.3 is 19.7 Å². The molecule has 3 rings (SSSR count). The van der Waals surface area contributed by atoms with Gasteiger partial charge in [-0.05, 0) is 5.56 Å². The number of amides is 2. The molecule has 0 radical (unpaired) electrons. The minimum absolute atomic E-state index is 0.357. The maximum absolute atomic E-state index is 12.2. The molecule has 1 spiro atoms. The first kappa shape index (κ1) is 15.0. The summed E-state index contributed by atoms with van der Waals surface area (Å²) in [6, 6.07) is 9.52. The Morgan fingerprint density at radius 3 is 2.36 bits per heavy atom. The molecule has 22 heavy (non-hydrogen) atoms. The Kier molecular flexibility index (Phi) is 4.40. The van der Waals surface area contributed by atoms with Crippen LogP contribution in [-0.4, -0.2) is 48.8 Å². The van der Waals surface area contributed by atoms with Crippen LogP contribution in [0.25, 0.3) is 0 Å². The molecule has 6 heteroatoms. The van der Waals surface area contributed by atoms with Gasteiger partial charge in [0.2, 0.25) is 0 Å². The molecule has 2 heterocycles. The maximum Gasteiger partial charge on any atom is 0.311 e. The summed E-state index contributed by atoms with van der Waals surface area (Å²) < 4.78 is 11.2. The quantitative estimate of drug-likeness (QED) is 0.816. The monoisotopic (exact) mass is 304 g/mol. The molecule has 2 aliphatic heterocycles. The van der Waals surface area contributed by atoms with Gasteiger partial charge in [-0.1, -0.05) is 30.3 Å². The van der Waals surface area contributed by atoms with E-state index in [1.54, 1.807) is 4.90 Å². The largest absolute Gasteiger partial charge is 0.347 e. The van der Waals surface area contributed by atoms with E-state index in [4.69, 9.17) is 9.47 Å². The van der Waals surface area contributed by atoms with E-state index in [1.165, 1.54) is 0 Å². The number of carbonyl (C=O) groups is 2. The van der Waals surface area contributed by atoms with Crippen LogP contribution < -0.4 is 5.32 Å². The molecule has 1 N–H and O–H groups in total. The van der Waals surface area contributed by atoms with Crippen molar-refractivity contribution in [3.05, 3.63) is 35.9 Å². The molecule has 0 bridgehead atoms. The van der Waals surface area contributed by atoms with E-state index in [0.29, 0.717) is 45.7 Å². The van der Waals surface area contributed by atoms with E-state index in [9.17, 15) is 9.59 Å². The van der Waals surface area contributed by atoms with E-state index in [0.717, 1.165) is 5.56 Å². The number of benzene rings is 1. The number of ether oxygens (including phenoxy) is 2. The second-order valence-corrected chi connectivity index (χ2v) is 5.57. The van der Waals surface area contributed by atoms with E-state index in [1.807, 2.05) is 30.3 Å². The highest BCUT2D eigenvalue weighted by Crippen LogP contribution is 2.31. The van der Waals surface area contributed by atoms with Crippen LogP contribution in [0.3, 0.4) is 0 Å². The lowest BCUT2D eigenvalue weighted by Crippen LogP contribution is -2.51. The van der Waals surface area contributed by atoms with Crippen LogP contribution in [-0.2, 0) is 25.6 Å². The standard InChI is InChI=1S/C16H20N2O4/c19-14(17-12-13-4-2-1-3-5-13)15(20)18-8-6-16(7-9-18)21-10-11-22-16/h1-5H,6-12H2,(H,17,19). The van der Waals surface area contributed by atoms with Crippen LogP contribution in [0.15, 0.2) is 30.3 Å². The Bertz CT molecular complexity index is 530. The summed E-state index contributed by atoms with van der Waals surface area (Å²) >= 11 is 0. The summed E-state index contributed by atoms with van der Waals surface area (Å²) in [5.41, 5.74) is 0.967. The molecule has 2 aliphatic rings. The molecule has 2 fully saturated rings. The van der Waals surface area contributed by atoms with Gasteiger partial charge in [0.25, 0.3) is 0 Å². The number of rotatable bonds is 2. The predicted octanol–water partition coefficient (Wildman–Crippen LogP) is 0.668. The molecule has 0 aliphatic carbocycles. The molecule has 1 aromatic carbocycles. The summed E-state index contributed by atoms with van der Waals surface area (Å²) in [6.07, 6.45) is 1.23. The Labute approximate surface area is 129 Å². The van der Waals surface area contributed by atoms with Gasteiger partial charge in [0.05, 0.1) is 13.2 Å². The van der Waals surface area contributed by atoms with Gasteiger partial charge in [-0.3, -0.25) is 9.59 Å². The zero-order chi connectivity index (χ0) is 15.4. The molecular formula is C16H20N2O4. The molecule has 0 aromatic heterocycles. The smallest absolute Gasteiger partial charge is 0.311 e. The van der Waals surface area contributed by atoms with Crippen molar-refractivity contribution in [2.24, 2.45) is 0 Å². The second kappa shape index (κ2) is 6.46. The fourth-order valence-corrected chi connectivity index (χ4v) is 2.83. The van der Waals surface area contributed by atoms with Crippen molar-refractivity contribution in [3.63, 3.8) is 0 Å². The molecule has 2 saturated heterocycles. The lowest BCUT2D eigenvalue weighted by atomic mass is 10.0. The van der Waals surface area contributed by atoms with Gasteiger partial charge in [-0.15, -0.1) is 0 Å². The highest BCUT2D eigenvalue weighted by atomic mass is 16.7. The lowest BCUT2D eigenvalue weighted by Gasteiger charge is -2.37. The van der Waals surface area contributed by atoms with Crippen molar-refractivity contribution in [2.45, 2.75) is 25.2 Å². The fraction of sp³-hybridized carbons (Fsp3) is 0.500. The SMILES string of the molecule is O=C(NCc1ccccc1)C(=O)N1CCC2(CC1)OCCO2. The first-order valence-corrected chi connectivity index (χ1v) is 7.57. The highest BCUT2D eigenvalue weighted by Gasteiger charge is 2.41. The van der Waals surface area contributed by atoms with Gasteiger partial charge >= 0.3 is 11.8 Å². The average Bonchev–Trinajstić information content (AvgIpc) is 3.02. The number of nitrogens with one attached hydrogen (secondary N) is 1. The number of likely N-dealkylation sites (tertiary alicyclic amines) is 1. The van der Waals surface area contributed by atoms with Crippen LogP contribution >= 0.6 is 0 Å². The van der Waals surface area contributed by atoms with Crippen molar-refractivity contribution < 1.29 is 19.1 Å². The van der Waals surface area contributed by atoms with Crippen molar-refractivity contribution in [1.82, 2.24) is 10.2 Å². The fourth-order valence-electron chi connectivity index (χ4n) is 2.83. The van der Waals surface area contributed by atoms with Crippen LogP contribution in [0.1, 0.15) is 18.4 Å². The molecule has 1 aromatic rings. The zero-order valence-electron chi connectivity index (χ0n) is 12.4. The topological polar surface area (TPSA) is 67.9 Å². The van der Waals surface area contributed by atoms with E-state index in [2.05, 4.69) is 5.32 Å². The van der Waals surface area contributed by atoms with Gasteiger partial charge in [0.1, 0.15) is 0 Å². The van der Waals surface area contributed by atoms with Gasteiger partial charge in [0.15, 0.2) is 5.79 Å². The van der Waals surface area contributed by atoms with E-state index in [-0.39, 0.29) is 0 Å². The van der Waals surface area contributed by atoms with Crippen molar-refractivity contribution in [1.29, 1.82) is 0 Å². The van der Waals surface area contributed by atoms with E-state index < -0.39 is 17.6 Å². The normalized spacial score (nSPS) is 20.1. The Morgan fingerprint density at radius 1 is 1.09 bits per heavy atom. The Morgan fingerprint density at radius 2 is 1.73 bits per heavy atom. The molecule has 6 nitrogen and oxygen atoms in total. The minimum atomic E-state index is -0.562. The summed E-state index contributed by atoms with van der Waals surface area (Å²) in [5.74, 6) is -1.58. The highest BCUT2D eigenvalue weighted by molar-refractivity contribution is 6.34. The van der Waals surface area contributed by atoms with Crippen LogP contribution in [0.4, 0.5) is 0 Å². The van der Waals surface area contributed by atoms with Crippen LogP contribution in [0.2, 0.25) is 0 Å². The zero-order valence-corrected chi connectivity index (χ0v) is 12.4. The van der Waals surface area contributed by atoms with Crippen LogP contribution in [0.5, 0.6) is 0 Å². The molecule has 0 unspecified atom stereocenters. The van der Waals surface area contributed by atoms with Crippen molar-refractivity contribution in [3.8, 4) is 0 Å². The maximum atomic E-state index is 12.2. The number of hydrogen-bond donors (Lipinski definition) is 1. The number of piperidine rings is 1. The molecule has 0 atom stereocenters. The first-order chi connectivity index (χ1) is 10.7. The molecule has 118 valence electrons. The summed E-state index contributed by atoms with van der Waals surface area (Å²) in [6.45, 7) is 2.53. The van der Waals surface area contributed by atoms with Crippen molar-refractivity contribution in [2.75, 3.05) is 26.3 Å². The third-order valence-corrected chi connectivity index (χ3v) is 4.12. The number of carbonyl (C=O) groups excluding carboxylic acids is 2. The first-order valence-electron chi connectivity index (χ1n) is 7.57. The minimum Gasteiger partial charge on any atom is -0.347 e. The van der Waals surface area contributed by atoms with Crippen LogP contribution in [0, 0.1) is 0 Å². The van der Waals surface area contributed by atoms with Gasteiger partial charge in [-0.2, -0.15) is 0 Å². The molecule has 2 amide bonds. The summed E-state index contributed by atoms with van der Waals surface area (Å²) in [7, 11) is 0.